The van der Waals surface area contributed by atoms with Crippen LogP contribution in [0.25, 0.3) is 5.57 Å². The minimum Gasteiger partial charge on any atom is -0.469 e. The fourth-order valence-electron chi connectivity index (χ4n) is 4.52. The molecule has 1 atom stereocenters. The smallest absolute Gasteiger partial charge is 0.306 e. The van der Waals surface area contributed by atoms with Crippen molar-refractivity contribution in [3.05, 3.63) is 65.0 Å². The van der Waals surface area contributed by atoms with Gasteiger partial charge in [-0.15, -0.1) is 0 Å². The van der Waals surface area contributed by atoms with E-state index in [1.807, 2.05) is 24.3 Å². The van der Waals surface area contributed by atoms with Crippen LogP contribution >= 0.6 is 0 Å². The monoisotopic (exact) mass is 392 g/mol. The van der Waals surface area contributed by atoms with Crippen molar-refractivity contribution < 1.29 is 14.3 Å². The maximum atomic E-state index is 12.9. The summed E-state index contributed by atoms with van der Waals surface area (Å²) in [5.41, 5.74) is 5.44. The van der Waals surface area contributed by atoms with Crippen molar-refractivity contribution >= 4 is 17.4 Å². The van der Waals surface area contributed by atoms with E-state index in [4.69, 9.17) is 0 Å². The zero-order valence-electron chi connectivity index (χ0n) is 17.2. The van der Waals surface area contributed by atoms with E-state index in [0.29, 0.717) is 6.04 Å². The van der Waals surface area contributed by atoms with E-state index in [9.17, 15) is 9.59 Å². The third-order valence-corrected chi connectivity index (χ3v) is 6.17. The van der Waals surface area contributed by atoms with Crippen LogP contribution in [0.5, 0.6) is 0 Å². The van der Waals surface area contributed by atoms with Crippen LogP contribution < -0.4 is 0 Å². The zero-order valence-corrected chi connectivity index (χ0v) is 17.2. The maximum absolute atomic E-state index is 12.9. The van der Waals surface area contributed by atoms with E-state index in [-0.39, 0.29) is 24.7 Å². The van der Waals surface area contributed by atoms with Gasteiger partial charge in [-0.2, -0.15) is 0 Å². The fraction of sp³-hybridized carbons (Fsp3) is 0.417. The summed E-state index contributed by atoms with van der Waals surface area (Å²) in [6.07, 6.45) is 7.89. The second-order valence-electron chi connectivity index (χ2n) is 7.91. The van der Waals surface area contributed by atoms with Crippen molar-refractivity contribution in [3.8, 4) is 0 Å². The molecule has 0 N–H and O–H groups in total. The van der Waals surface area contributed by atoms with Crippen molar-refractivity contribution in [2.45, 2.75) is 45.1 Å². The Bertz CT molecular complexity index is 898. The van der Waals surface area contributed by atoms with Gasteiger partial charge in [-0.05, 0) is 44.4 Å². The molecule has 0 spiro atoms. The van der Waals surface area contributed by atoms with Gasteiger partial charge in [-0.1, -0.05) is 36.4 Å². The number of nitrogens with zero attached hydrogens (tertiary/aromatic N) is 2. The van der Waals surface area contributed by atoms with Gasteiger partial charge in [0.05, 0.1) is 24.9 Å². The van der Waals surface area contributed by atoms with Gasteiger partial charge in [0.25, 0.3) is 0 Å². The summed E-state index contributed by atoms with van der Waals surface area (Å²) in [7, 11) is 1.35. The van der Waals surface area contributed by atoms with Crippen LogP contribution in [-0.2, 0) is 14.3 Å². The Morgan fingerprint density at radius 3 is 2.62 bits per heavy atom. The molecular weight excluding hydrogens is 364 g/mol. The molecule has 0 saturated carbocycles. The topological polar surface area (TPSA) is 49.9 Å². The van der Waals surface area contributed by atoms with Gasteiger partial charge >= 0.3 is 5.97 Å². The maximum Gasteiger partial charge on any atom is 0.306 e. The molecule has 3 aliphatic rings. The normalized spacial score (nSPS) is 20.9. The predicted molar refractivity (Wildman–Crippen MR) is 113 cm³/mol. The summed E-state index contributed by atoms with van der Waals surface area (Å²) in [6, 6.07) is 10.8. The summed E-state index contributed by atoms with van der Waals surface area (Å²) in [5.74, 6) is -0.398. The molecule has 1 aromatic carbocycles. The van der Waals surface area contributed by atoms with E-state index in [0.717, 1.165) is 42.0 Å². The second-order valence-corrected chi connectivity index (χ2v) is 7.91. The fourth-order valence-corrected chi connectivity index (χ4v) is 4.52. The SMILES string of the molecule is COC(=O)CCC(=O)N1c2ccc(-c3ccccc3)c1c2CCN1CCC[C@H]1C. The molecular formula is C24H28N2O3. The minimum atomic E-state index is -0.353. The summed E-state index contributed by atoms with van der Waals surface area (Å²) in [5, 5.41) is 0. The van der Waals surface area contributed by atoms with Gasteiger partial charge in [0.1, 0.15) is 0 Å². The average molecular weight is 392 g/mol. The van der Waals surface area contributed by atoms with Crippen molar-refractivity contribution in [2.75, 3.05) is 20.2 Å². The molecule has 5 heteroatoms. The van der Waals surface area contributed by atoms with Crippen LogP contribution in [0, 0.1) is 0 Å². The highest BCUT2D eigenvalue weighted by atomic mass is 16.5. The summed E-state index contributed by atoms with van der Waals surface area (Å²) >= 11 is 0. The Balaban J connectivity index is 1.57. The first kappa shape index (κ1) is 19.6. The number of methoxy groups -OCH3 is 1. The molecule has 29 heavy (non-hydrogen) atoms. The van der Waals surface area contributed by atoms with E-state index < -0.39 is 0 Å². The summed E-state index contributed by atoms with van der Waals surface area (Å²) in [6.45, 7) is 4.47. The molecule has 1 saturated heterocycles. The van der Waals surface area contributed by atoms with Crippen LogP contribution in [0.2, 0.25) is 0 Å². The van der Waals surface area contributed by atoms with Crippen molar-refractivity contribution in [2.24, 2.45) is 0 Å². The summed E-state index contributed by atoms with van der Waals surface area (Å²) < 4.78 is 4.69. The average Bonchev–Trinajstić information content (AvgIpc) is 3.17. The van der Waals surface area contributed by atoms with Crippen molar-refractivity contribution in [3.63, 3.8) is 0 Å². The number of amides is 1. The van der Waals surface area contributed by atoms with Crippen LogP contribution in [0.15, 0.2) is 59.5 Å². The van der Waals surface area contributed by atoms with E-state index in [2.05, 4.69) is 34.8 Å². The van der Waals surface area contributed by atoms with Gasteiger partial charge < -0.3 is 9.64 Å². The van der Waals surface area contributed by atoms with Gasteiger partial charge in [0.15, 0.2) is 0 Å². The van der Waals surface area contributed by atoms with Crippen molar-refractivity contribution in [1.29, 1.82) is 0 Å². The molecule has 3 heterocycles. The number of benzene rings is 1. The predicted octanol–water partition coefficient (Wildman–Crippen LogP) is 3.89. The van der Waals surface area contributed by atoms with Gasteiger partial charge in [-0.3, -0.25) is 14.5 Å². The second kappa shape index (κ2) is 8.37. The molecule has 0 aromatic heterocycles. The third kappa shape index (κ3) is 3.79. The molecule has 0 aliphatic carbocycles. The number of ether oxygens (including phenoxy) is 1. The first-order valence-electron chi connectivity index (χ1n) is 10.4. The molecule has 3 aliphatic heterocycles. The Labute approximate surface area is 172 Å². The number of esters is 1. The standard InChI is InChI=1S/C24H28N2O3/c1-17-7-6-15-25(17)16-14-20-21-11-10-19(18-8-4-3-5-9-18)24(20)26(21)22(27)12-13-23(28)29-2/h3-5,8-11,17H,6-7,12-16H2,1-2H3/t17-/m1/s1. The lowest BCUT2D eigenvalue weighted by molar-refractivity contribution is -0.143. The lowest BCUT2D eigenvalue weighted by Gasteiger charge is -2.44. The molecule has 0 unspecified atom stereocenters. The number of hydrogen-bond acceptors (Lipinski definition) is 4. The number of rotatable bonds is 7. The Morgan fingerprint density at radius 1 is 1.14 bits per heavy atom. The molecule has 5 nitrogen and oxygen atoms in total. The third-order valence-electron chi connectivity index (χ3n) is 6.17. The first-order chi connectivity index (χ1) is 14.1. The Kier molecular flexibility index (Phi) is 5.67. The van der Waals surface area contributed by atoms with Gasteiger partial charge in [0, 0.05) is 30.2 Å². The van der Waals surface area contributed by atoms with E-state index in [1.54, 1.807) is 4.90 Å². The van der Waals surface area contributed by atoms with E-state index in [1.165, 1.54) is 25.5 Å². The molecule has 1 amide bonds. The number of carbonyl (C=O) groups is 2. The van der Waals surface area contributed by atoms with Crippen LogP contribution in [0.4, 0.5) is 0 Å². The Morgan fingerprint density at radius 2 is 1.93 bits per heavy atom. The lowest BCUT2D eigenvalue weighted by atomic mass is 9.83. The van der Waals surface area contributed by atoms with Crippen LogP contribution in [0.1, 0.15) is 44.6 Å². The van der Waals surface area contributed by atoms with Crippen molar-refractivity contribution in [1.82, 2.24) is 9.80 Å². The Hall–Kier alpha value is -2.66. The molecule has 1 fully saturated rings. The largest absolute Gasteiger partial charge is 0.469 e. The molecule has 152 valence electrons. The number of allylic oxidation sites excluding steroid dienone is 4. The quantitative estimate of drug-likeness (QED) is 0.661. The van der Waals surface area contributed by atoms with Gasteiger partial charge in [0.2, 0.25) is 5.91 Å². The highest BCUT2D eigenvalue weighted by Gasteiger charge is 2.40. The molecule has 4 rings (SSSR count). The highest BCUT2D eigenvalue weighted by Crippen LogP contribution is 2.48. The zero-order chi connectivity index (χ0) is 20.4. The molecule has 0 radical (unpaired) electrons. The number of carbonyl (C=O) groups excluding carboxylic acids is 2. The van der Waals surface area contributed by atoms with Crippen LogP contribution in [-0.4, -0.2) is 47.9 Å². The number of hydrogen-bond donors (Lipinski definition) is 0. The number of likely N-dealkylation sites (tertiary alicyclic amines) is 1. The number of fused-ring (bicyclic) bond motifs is 2. The van der Waals surface area contributed by atoms with Crippen LogP contribution in [0.3, 0.4) is 0 Å². The van der Waals surface area contributed by atoms with Gasteiger partial charge in [-0.25, -0.2) is 0 Å². The highest BCUT2D eigenvalue weighted by molar-refractivity contribution is 5.97. The first-order valence-corrected chi connectivity index (χ1v) is 10.4. The summed E-state index contributed by atoms with van der Waals surface area (Å²) in [4.78, 5) is 28.7. The molecule has 2 bridgehead atoms. The molecule has 1 aromatic rings. The lowest BCUT2D eigenvalue weighted by Crippen LogP contribution is -2.42. The van der Waals surface area contributed by atoms with E-state index >= 15 is 0 Å². The minimum absolute atomic E-state index is 0.0449.